The summed E-state index contributed by atoms with van der Waals surface area (Å²) < 4.78 is 0. The van der Waals surface area contributed by atoms with Gasteiger partial charge in [-0.25, -0.2) is 0 Å². The van der Waals surface area contributed by atoms with Crippen molar-refractivity contribution in [1.82, 2.24) is 5.32 Å². The summed E-state index contributed by atoms with van der Waals surface area (Å²) in [6.45, 7) is 4.03. The molecule has 2 aromatic carbocycles. The highest BCUT2D eigenvalue weighted by Crippen LogP contribution is 2.09. The van der Waals surface area contributed by atoms with E-state index in [1.807, 2.05) is 12.1 Å². The number of aryl methyl sites for hydroxylation is 1. The van der Waals surface area contributed by atoms with E-state index < -0.39 is 0 Å². The van der Waals surface area contributed by atoms with Gasteiger partial charge < -0.3 is 5.32 Å². The summed E-state index contributed by atoms with van der Waals surface area (Å²) in [5.74, 6) is 0. The molecule has 0 atom stereocenters. The van der Waals surface area contributed by atoms with Gasteiger partial charge in [0.1, 0.15) is 0 Å². The average Bonchev–Trinajstić information content (AvgIpc) is 2.37. The van der Waals surface area contributed by atoms with Crippen molar-refractivity contribution in [2.45, 2.75) is 19.9 Å². The van der Waals surface area contributed by atoms with Crippen molar-refractivity contribution in [3.63, 3.8) is 0 Å². The van der Waals surface area contributed by atoms with E-state index in [-0.39, 0.29) is 0 Å². The quantitative estimate of drug-likeness (QED) is 0.801. The van der Waals surface area contributed by atoms with Crippen molar-refractivity contribution < 1.29 is 0 Å². The highest BCUT2D eigenvalue weighted by Gasteiger charge is 1.95. The Kier molecular flexibility index (Phi) is 4.80. The fourth-order valence-corrected chi connectivity index (χ4v) is 2.06. The monoisotopic (exact) mass is 259 g/mol. The van der Waals surface area contributed by atoms with E-state index in [0.717, 1.165) is 24.5 Å². The SMILES string of the molecule is Cc1cccc(CNCCc2ccc(Cl)cc2)c1. The standard InChI is InChI=1S/C16H18ClN/c1-13-3-2-4-15(11-13)12-18-10-9-14-5-7-16(17)8-6-14/h2-8,11,18H,9-10,12H2,1H3. The van der Waals surface area contributed by atoms with Crippen molar-refractivity contribution in [2.75, 3.05) is 6.54 Å². The van der Waals surface area contributed by atoms with E-state index in [0.29, 0.717) is 0 Å². The molecule has 0 aromatic heterocycles. The van der Waals surface area contributed by atoms with Gasteiger partial charge in [0.15, 0.2) is 0 Å². The minimum atomic E-state index is 0.798. The van der Waals surface area contributed by atoms with Gasteiger partial charge in [-0.3, -0.25) is 0 Å². The molecule has 2 heteroatoms. The number of nitrogens with one attached hydrogen (secondary N) is 1. The highest BCUT2D eigenvalue weighted by atomic mass is 35.5. The Morgan fingerprint density at radius 1 is 1.00 bits per heavy atom. The molecular formula is C16H18ClN. The van der Waals surface area contributed by atoms with Crippen LogP contribution in [0.4, 0.5) is 0 Å². The highest BCUT2D eigenvalue weighted by molar-refractivity contribution is 6.30. The molecule has 0 amide bonds. The molecule has 0 spiro atoms. The first-order valence-electron chi connectivity index (χ1n) is 6.25. The zero-order chi connectivity index (χ0) is 12.8. The van der Waals surface area contributed by atoms with Crippen LogP contribution in [0.1, 0.15) is 16.7 Å². The maximum atomic E-state index is 5.85. The summed E-state index contributed by atoms with van der Waals surface area (Å²) in [6.07, 6.45) is 1.03. The van der Waals surface area contributed by atoms with Crippen LogP contribution in [-0.2, 0) is 13.0 Å². The maximum absolute atomic E-state index is 5.85. The average molecular weight is 260 g/mol. The van der Waals surface area contributed by atoms with Crippen LogP contribution in [-0.4, -0.2) is 6.54 Å². The third kappa shape index (κ3) is 4.17. The minimum Gasteiger partial charge on any atom is -0.312 e. The van der Waals surface area contributed by atoms with Crippen LogP contribution >= 0.6 is 11.6 Å². The summed E-state index contributed by atoms with van der Waals surface area (Å²) in [6, 6.07) is 16.6. The van der Waals surface area contributed by atoms with Gasteiger partial charge in [0.2, 0.25) is 0 Å². The smallest absolute Gasteiger partial charge is 0.0406 e. The van der Waals surface area contributed by atoms with Crippen LogP contribution < -0.4 is 5.32 Å². The number of hydrogen-bond donors (Lipinski definition) is 1. The lowest BCUT2D eigenvalue weighted by atomic mass is 10.1. The molecule has 94 valence electrons. The predicted molar refractivity (Wildman–Crippen MR) is 78.0 cm³/mol. The second-order valence-corrected chi connectivity index (χ2v) is 4.98. The van der Waals surface area contributed by atoms with Crippen molar-refractivity contribution in [3.8, 4) is 0 Å². The first-order chi connectivity index (χ1) is 8.74. The lowest BCUT2D eigenvalue weighted by molar-refractivity contribution is 0.686. The van der Waals surface area contributed by atoms with Crippen molar-refractivity contribution >= 4 is 11.6 Å². The van der Waals surface area contributed by atoms with Gasteiger partial charge in [-0.1, -0.05) is 53.6 Å². The van der Waals surface area contributed by atoms with Crippen LogP contribution in [0.15, 0.2) is 48.5 Å². The molecule has 1 nitrogen and oxygen atoms in total. The van der Waals surface area contributed by atoms with Gasteiger partial charge >= 0.3 is 0 Å². The van der Waals surface area contributed by atoms with Gasteiger partial charge in [0.25, 0.3) is 0 Å². The first-order valence-corrected chi connectivity index (χ1v) is 6.62. The predicted octanol–water partition coefficient (Wildman–Crippen LogP) is 3.98. The van der Waals surface area contributed by atoms with E-state index >= 15 is 0 Å². The molecule has 0 heterocycles. The topological polar surface area (TPSA) is 12.0 Å². The van der Waals surface area contributed by atoms with E-state index in [1.165, 1.54) is 16.7 Å². The lowest BCUT2D eigenvalue weighted by Gasteiger charge is -2.06. The lowest BCUT2D eigenvalue weighted by Crippen LogP contribution is -2.16. The fraction of sp³-hybridized carbons (Fsp3) is 0.250. The number of benzene rings is 2. The van der Waals surface area contributed by atoms with E-state index in [2.05, 4.69) is 48.6 Å². The molecule has 2 aromatic rings. The van der Waals surface area contributed by atoms with Gasteiger partial charge in [-0.15, -0.1) is 0 Å². The second-order valence-electron chi connectivity index (χ2n) is 4.54. The minimum absolute atomic E-state index is 0.798. The van der Waals surface area contributed by atoms with E-state index in [9.17, 15) is 0 Å². The van der Waals surface area contributed by atoms with Crippen LogP contribution in [0.25, 0.3) is 0 Å². The van der Waals surface area contributed by atoms with Gasteiger partial charge in [-0.05, 0) is 43.1 Å². The molecule has 0 radical (unpaired) electrons. The Balaban J connectivity index is 1.74. The first kappa shape index (κ1) is 13.1. The largest absolute Gasteiger partial charge is 0.312 e. The van der Waals surface area contributed by atoms with Crippen LogP contribution in [0.3, 0.4) is 0 Å². The van der Waals surface area contributed by atoms with E-state index in [1.54, 1.807) is 0 Å². The van der Waals surface area contributed by atoms with E-state index in [4.69, 9.17) is 11.6 Å². The molecule has 1 N–H and O–H groups in total. The zero-order valence-electron chi connectivity index (χ0n) is 10.6. The maximum Gasteiger partial charge on any atom is 0.0406 e. The number of halogens is 1. The number of hydrogen-bond acceptors (Lipinski definition) is 1. The van der Waals surface area contributed by atoms with Gasteiger partial charge in [0.05, 0.1) is 0 Å². The molecule has 0 aliphatic rings. The van der Waals surface area contributed by atoms with Crippen LogP contribution in [0.2, 0.25) is 5.02 Å². The third-order valence-corrected chi connectivity index (χ3v) is 3.17. The summed E-state index contributed by atoms with van der Waals surface area (Å²) in [5.41, 5.74) is 3.97. The molecule has 0 saturated carbocycles. The van der Waals surface area contributed by atoms with Crippen molar-refractivity contribution in [3.05, 3.63) is 70.2 Å². The summed E-state index contributed by atoms with van der Waals surface area (Å²) >= 11 is 5.85. The molecule has 0 unspecified atom stereocenters. The number of rotatable bonds is 5. The van der Waals surface area contributed by atoms with Gasteiger partial charge in [0, 0.05) is 11.6 Å². The molecule has 18 heavy (non-hydrogen) atoms. The molecule has 0 fully saturated rings. The Labute approximate surface area is 114 Å². The Morgan fingerprint density at radius 3 is 2.50 bits per heavy atom. The summed E-state index contributed by atoms with van der Waals surface area (Å²) in [5, 5.41) is 4.26. The van der Waals surface area contributed by atoms with Crippen molar-refractivity contribution in [1.29, 1.82) is 0 Å². The van der Waals surface area contributed by atoms with Crippen LogP contribution in [0.5, 0.6) is 0 Å². The molecule has 2 rings (SSSR count). The second kappa shape index (κ2) is 6.58. The normalized spacial score (nSPS) is 10.6. The fourth-order valence-electron chi connectivity index (χ4n) is 1.94. The summed E-state index contributed by atoms with van der Waals surface area (Å²) in [7, 11) is 0. The zero-order valence-corrected chi connectivity index (χ0v) is 11.4. The molecule has 0 saturated heterocycles. The molecular weight excluding hydrogens is 242 g/mol. The Bertz CT molecular complexity index is 491. The van der Waals surface area contributed by atoms with Crippen molar-refractivity contribution in [2.24, 2.45) is 0 Å². The Hall–Kier alpha value is -1.31. The Morgan fingerprint density at radius 2 is 1.78 bits per heavy atom. The molecule has 0 bridgehead atoms. The van der Waals surface area contributed by atoms with Gasteiger partial charge in [-0.2, -0.15) is 0 Å². The summed E-state index contributed by atoms with van der Waals surface area (Å²) in [4.78, 5) is 0. The van der Waals surface area contributed by atoms with Crippen LogP contribution in [0, 0.1) is 6.92 Å². The molecule has 0 aliphatic carbocycles. The molecule has 0 aliphatic heterocycles. The third-order valence-electron chi connectivity index (χ3n) is 2.92.